The maximum Gasteiger partial charge on any atom is 0.339 e. The van der Waals surface area contributed by atoms with Gasteiger partial charge in [-0.3, -0.25) is 0 Å². The zero-order valence-electron chi connectivity index (χ0n) is 24.0. The standard InChI is InChI=1S/C30H44F4N2/c1-25(2,3)19-13-17(14-20(23(19)35)26(4,5)6)29(31,32)30(33,34)18-15-21(27(7,8)9)24(36)22(16-18)28(10,11)12/h13-16H,35-36H2,1-12H3. The van der Waals surface area contributed by atoms with Gasteiger partial charge in [0.1, 0.15) is 0 Å². The number of nitrogen functional groups attached to an aromatic ring is 2. The van der Waals surface area contributed by atoms with Gasteiger partial charge in [0.25, 0.3) is 0 Å². The van der Waals surface area contributed by atoms with E-state index in [1.165, 1.54) is 0 Å². The van der Waals surface area contributed by atoms with Crippen molar-refractivity contribution in [3.63, 3.8) is 0 Å². The quantitative estimate of drug-likeness (QED) is 0.321. The molecule has 36 heavy (non-hydrogen) atoms. The van der Waals surface area contributed by atoms with E-state index in [2.05, 4.69) is 0 Å². The van der Waals surface area contributed by atoms with Crippen LogP contribution < -0.4 is 11.5 Å². The third-order valence-electron chi connectivity index (χ3n) is 6.71. The minimum atomic E-state index is -4.50. The Balaban J connectivity index is 2.94. The van der Waals surface area contributed by atoms with Gasteiger partial charge < -0.3 is 11.5 Å². The molecular weight excluding hydrogens is 464 g/mol. The lowest BCUT2D eigenvalue weighted by molar-refractivity contribution is -0.224. The lowest BCUT2D eigenvalue weighted by atomic mass is 9.75. The summed E-state index contributed by atoms with van der Waals surface area (Å²) in [6, 6.07) is 4.58. The highest BCUT2D eigenvalue weighted by Gasteiger charge is 2.59. The molecule has 0 fully saturated rings. The molecule has 0 aromatic heterocycles. The molecule has 0 amide bonds. The van der Waals surface area contributed by atoms with Crippen LogP contribution in [0.5, 0.6) is 0 Å². The van der Waals surface area contributed by atoms with Gasteiger partial charge in [-0.2, -0.15) is 17.6 Å². The zero-order chi connectivity index (χ0) is 28.4. The number of hydrogen-bond donors (Lipinski definition) is 2. The summed E-state index contributed by atoms with van der Waals surface area (Å²) in [6.07, 6.45) is 0. The number of benzene rings is 2. The first-order chi connectivity index (χ1) is 15.7. The predicted octanol–water partition coefficient (Wildman–Crippen LogP) is 8.92. The summed E-state index contributed by atoms with van der Waals surface area (Å²) in [4.78, 5) is 0. The molecule has 0 spiro atoms. The molecule has 2 rings (SSSR count). The molecular formula is C30H44F4N2. The van der Waals surface area contributed by atoms with Crippen LogP contribution in [0.25, 0.3) is 0 Å². The van der Waals surface area contributed by atoms with Crippen molar-refractivity contribution in [2.45, 2.75) is 117 Å². The average molecular weight is 509 g/mol. The number of nitrogens with two attached hydrogens (primary N) is 2. The first-order valence-electron chi connectivity index (χ1n) is 12.4. The van der Waals surface area contributed by atoms with Crippen LogP contribution in [-0.4, -0.2) is 0 Å². The Kier molecular flexibility index (Phi) is 7.22. The van der Waals surface area contributed by atoms with Crippen LogP contribution in [0.1, 0.15) is 116 Å². The lowest BCUT2D eigenvalue weighted by Gasteiger charge is -2.35. The van der Waals surface area contributed by atoms with E-state index in [4.69, 9.17) is 11.5 Å². The van der Waals surface area contributed by atoms with Gasteiger partial charge in [0.2, 0.25) is 0 Å². The summed E-state index contributed by atoms with van der Waals surface area (Å²) in [6.45, 7) is 22.0. The van der Waals surface area contributed by atoms with Gasteiger partial charge in [0.05, 0.1) is 0 Å². The van der Waals surface area contributed by atoms with Crippen molar-refractivity contribution in [2.24, 2.45) is 0 Å². The molecule has 202 valence electrons. The minimum Gasteiger partial charge on any atom is -0.398 e. The van der Waals surface area contributed by atoms with Crippen LogP contribution in [0.4, 0.5) is 28.9 Å². The molecule has 0 radical (unpaired) electrons. The molecule has 0 aliphatic heterocycles. The fraction of sp³-hybridized carbons (Fsp3) is 0.600. The molecule has 2 aromatic rings. The van der Waals surface area contributed by atoms with Crippen LogP contribution in [0.15, 0.2) is 24.3 Å². The third-order valence-corrected chi connectivity index (χ3v) is 6.71. The van der Waals surface area contributed by atoms with Gasteiger partial charge in [-0.05, 0) is 68.2 Å². The van der Waals surface area contributed by atoms with E-state index in [0.29, 0.717) is 33.6 Å². The van der Waals surface area contributed by atoms with Crippen LogP contribution >= 0.6 is 0 Å². The Labute approximate surface area is 214 Å². The number of rotatable bonds is 3. The zero-order valence-corrected chi connectivity index (χ0v) is 24.0. The first-order valence-corrected chi connectivity index (χ1v) is 12.4. The largest absolute Gasteiger partial charge is 0.398 e. The molecule has 0 saturated carbocycles. The van der Waals surface area contributed by atoms with E-state index in [9.17, 15) is 0 Å². The normalized spacial score (nSPS) is 14.3. The fourth-order valence-electron chi connectivity index (χ4n) is 4.51. The van der Waals surface area contributed by atoms with Crippen molar-refractivity contribution < 1.29 is 17.6 Å². The molecule has 0 aliphatic carbocycles. The molecule has 4 N–H and O–H groups in total. The molecule has 0 aliphatic rings. The van der Waals surface area contributed by atoms with E-state index >= 15 is 17.6 Å². The first kappa shape index (κ1) is 30.0. The van der Waals surface area contributed by atoms with Crippen LogP contribution in [-0.2, 0) is 33.5 Å². The summed E-state index contributed by atoms with van der Waals surface area (Å²) < 4.78 is 64.1. The molecule has 0 heterocycles. The molecule has 0 atom stereocenters. The van der Waals surface area contributed by atoms with Gasteiger partial charge in [-0.1, -0.05) is 83.1 Å². The average Bonchev–Trinajstić information content (AvgIpc) is 2.63. The Hall–Kier alpha value is -2.24. The number of halogens is 4. The Bertz CT molecular complexity index is 974. The summed E-state index contributed by atoms with van der Waals surface area (Å²) in [5.74, 6) is -9.00. The second-order valence-electron chi connectivity index (χ2n) is 14.1. The van der Waals surface area contributed by atoms with Gasteiger partial charge in [-0.15, -0.1) is 0 Å². The monoisotopic (exact) mass is 508 g/mol. The number of hydrogen-bond acceptors (Lipinski definition) is 2. The third kappa shape index (κ3) is 5.38. The molecule has 6 heteroatoms. The maximum atomic E-state index is 16.0. The molecule has 0 saturated heterocycles. The SMILES string of the molecule is CC(C)(C)c1cc(C(F)(F)C(F)(F)c2cc(C(C)(C)C)c(N)c(C(C)(C)C)c2)cc(C(C)(C)C)c1N. The van der Waals surface area contributed by atoms with Gasteiger partial charge >= 0.3 is 11.8 Å². The molecule has 0 bridgehead atoms. The number of alkyl halides is 4. The van der Waals surface area contributed by atoms with Crippen molar-refractivity contribution in [1.82, 2.24) is 0 Å². The Morgan fingerprint density at radius 1 is 0.417 bits per heavy atom. The van der Waals surface area contributed by atoms with Crippen molar-refractivity contribution in [1.29, 1.82) is 0 Å². The van der Waals surface area contributed by atoms with Gasteiger partial charge in [0.15, 0.2) is 0 Å². The van der Waals surface area contributed by atoms with Crippen LogP contribution in [0.2, 0.25) is 0 Å². The van der Waals surface area contributed by atoms with Gasteiger partial charge in [-0.25, -0.2) is 0 Å². The topological polar surface area (TPSA) is 52.0 Å². The van der Waals surface area contributed by atoms with E-state index in [0.717, 1.165) is 24.3 Å². The van der Waals surface area contributed by atoms with E-state index < -0.39 is 44.6 Å². The second kappa shape index (κ2) is 8.66. The predicted molar refractivity (Wildman–Crippen MR) is 144 cm³/mol. The fourth-order valence-corrected chi connectivity index (χ4v) is 4.51. The Morgan fingerprint density at radius 3 is 0.722 bits per heavy atom. The molecule has 2 nitrogen and oxygen atoms in total. The van der Waals surface area contributed by atoms with Crippen molar-refractivity contribution in [3.05, 3.63) is 57.6 Å². The highest BCUT2D eigenvalue weighted by Crippen LogP contribution is 2.53. The van der Waals surface area contributed by atoms with E-state index in [1.807, 2.05) is 83.1 Å². The summed E-state index contributed by atoms with van der Waals surface area (Å²) in [5, 5.41) is 0. The van der Waals surface area contributed by atoms with E-state index in [-0.39, 0.29) is 0 Å². The highest BCUT2D eigenvalue weighted by atomic mass is 19.3. The van der Waals surface area contributed by atoms with Crippen LogP contribution in [0.3, 0.4) is 0 Å². The lowest BCUT2D eigenvalue weighted by Crippen LogP contribution is -2.37. The highest BCUT2D eigenvalue weighted by molar-refractivity contribution is 5.63. The van der Waals surface area contributed by atoms with Crippen molar-refractivity contribution >= 4 is 11.4 Å². The molecule has 2 aromatic carbocycles. The second-order valence-corrected chi connectivity index (χ2v) is 14.1. The minimum absolute atomic E-state index is 0.357. The van der Waals surface area contributed by atoms with Gasteiger partial charge in [0, 0.05) is 22.5 Å². The van der Waals surface area contributed by atoms with Crippen LogP contribution in [0, 0.1) is 0 Å². The summed E-state index contributed by atoms with van der Waals surface area (Å²) in [7, 11) is 0. The smallest absolute Gasteiger partial charge is 0.339 e. The number of anilines is 2. The van der Waals surface area contributed by atoms with Crippen molar-refractivity contribution in [2.75, 3.05) is 11.5 Å². The molecule has 0 unspecified atom stereocenters. The van der Waals surface area contributed by atoms with E-state index in [1.54, 1.807) is 0 Å². The van der Waals surface area contributed by atoms with Crippen molar-refractivity contribution in [3.8, 4) is 0 Å². The Morgan fingerprint density at radius 2 is 0.583 bits per heavy atom. The summed E-state index contributed by atoms with van der Waals surface area (Å²) >= 11 is 0. The summed E-state index contributed by atoms with van der Waals surface area (Å²) in [5.41, 5.74) is 11.2. The maximum absolute atomic E-state index is 16.0.